The molecule has 4 nitrogen and oxygen atoms in total. The molecule has 0 N–H and O–H groups in total. The van der Waals surface area contributed by atoms with E-state index in [1.807, 2.05) is 30.3 Å². The van der Waals surface area contributed by atoms with E-state index in [0.717, 1.165) is 22.0 Å². The number of halogens is 3. The first kappa shape index (κ1) is 17.2. The molecule has 0 aliphatic heterocycles. The van der Waals surface area contributed by atoms with Crippen LogP contribution in [-0.4, -0.2) is 18.9 Å². The Bertz CT molecular complexity index is 994. The van der Waals surface area contributed by atoms with E-state index in [1.165, 1.54) is 24.3 Å². The van der Waals surface area contributed by atoms with Crippen LogP contribution in [0.15, 0.2) is 60.8 Å². The summed E-state index contributed by atoms with van der Waals surface area (Å²) in [5, 5.41) is 2.01. The van der Waals surface area contributed by atoms with Crippen molar-refractivity contribution in [3.63, 3.8) is 0 Å². The predicted octanol–water partition coefficient (Wildman–Crippen LogP) is 4.05. The van der Waals surface area contributed by atoms with Crippen LogP contribution in [0.3, 0.4) is 0 Å². The van der Waals surface area contributed by atoms with Crippen molar-refractivity contribution in [1.82, 2.24) is 4.98 Å². The lowest BCUT2D eigenvalue weighted by atomic mass is 10.0. The van der Waals surface area contributed by atoms with Crippen molar-refractivity contribution < 1.29 is 25.8 Å². The third-order valence-electron chi connectivity index (χ3n) is 3.54. The average molecular weight is 367 g/mol. The highest BCUT2D eigenvalue weighted by atomic mass is 32.2. The number of fused-ring (bicyclic) bond motifs is 1. The standard InChI is InChI=1S/C17H12F3NO3S/c18-17(19,20)25(22,23)24-14-7-5-12(6-8-14)11-16-15-4-2-1-3-13(15)9-10-21-16/h1-10H,11H2. The zero-order chi connectivity index (χ0) is 18.1. The number of hydrogen-bond acceptors (Lipinski definition) is 4. The fourth-order valence-corrected chi connectivity index (χ4v) is 2.81. The molecule has 0 radical (unpaired) electrons. The van der Waals surface area contributed by atoms with Crippen LogP contribution in [0.5, 0.6) is 5.75 Å². The lowest BCUT2D eigenvalue weighted by molar-refractivity contribution is -0.0500. The van der Waals surface area contributed by atoms with Crippen molar-refractivity contribution in [2.45, 2.75) is 11.9 Å². The molecule has 0 amide bonds. The second-order valence-electron chi connectivity index (χ2n) is 5.28. The normalized spacial score (nSPS) is 12.3. The minimum absolute atomic E-state index is 0.396. The second-order valence-corrected chi connectivity index (χ2v) is 6.82. The Hall–Kier alpha value is -2.61. The SMILES string of the molecule is O=S(=O)(Oc1ccc(Cc2nccc3ccccc23)cc1)C(F)(F)F. The van der Waals surface area contributed by atoms with Gasteiger partial charge in [-0.05, 0) is 29.1 Å². The van der Waals surface area contributed by atoms with Crippen LogP contribution in [-0.2, 0) is 16.5 Å². The quantitative estimate of drug-likeness (QED) is 0.516. The van der Waals surface area contributed by atoms with E-state index in [0.29, 0.717) is 6.42 Å². The summed E-state index contributed by atoms with van der Waals surface area (Å²) in [5.74, 6) is -0.396. The van der Waals surface area contributed by atoms with Crippen LogP contribution >= 0.6 is 0 Å². The number of alkyl halides is 3. The summed E-state index contributed by atoms with van der Waals surface area (Å²) in [5.41, 5.74) is -3.88. The van der Waals surface area contributed by atoms with Gasteiger partial charge in [0.2, 0.25) is 0 Å². The zero-order valence-electron chi connectivity index (χ0n) is 12.7. The number of hydrogen-bond donors (Lipinski definition) is 0. The molecule has 0 saturated heterocycles. The van der Waals surface area contributed by atoms with Gasteiger partial charge in [-0.25, -0.2) is 0 Å². The number of benzene rings is 2. The summed E-state index contributed by atoms with van der Waals surface area (Å²) in [6, 6.07) is 15.0. The summed E-state index contributed by atoms with van der Waals surface area (Å²) in [6.07, 6.45) is 2.14. The van der Waals surface area contributed by atoms with E-state index in [9.17, 15) is 21.6 Å². The summed E-state index contributed by atoms with van der Waals surface area (Å²) in [4.78, 5) is 4.34. The molecule has 0 unspecified atom stereocenters. The van der Waals surface area contributed by atoms with E-state index in [4.69, 9.17) is 0 Å². The highest BCUT2D eigenvalue weighted by Crippen LogP contribution is 2.27. The first-order chi connectivity index (χ1) is 11.8. The van der Waals surface area contributed by atoms with Gasteiger partial charge in [0.15, 0.2) is 0 Å². The van der Waals surface area contributed by atoms with Crippen molar-refractivity contribution in [2.75, 3.05) is 0 Å². The Balaban J connectivity index is 1.81. The number of nitrogens with zero attached hydrogens (tertiary/aromatic N) is 1. The summed E-state index contributed by atoms with van der Waals surface area (Å²) < 4.78 is 63.0. The molecule has 25 heavy (non-hydrogen) atoms. The topological polar surface area (TPSA) is 56.3 Å². The van der Waals surface area contributed by atoms with E-state index < -0.39 is 21.4 Å². The lowest BCUT2D eigenvalue weighted by Gasteiger charge is -2.10. The minimum atomic E-state index is -5.66. The third-order valence-corrected chi connectivity index (χ3v) is 4.52. The van der Waals surface area contributed by atoms with Gasteiger partial charge in [0.05, 0.1) is 5.69 Å². The molecular formula is C17H12F3NO3S. The van der Waals surface area contributed by atoms with Gasteiger partial charge in [0.1, 0.15) is 5.75 Å². The highest BCUT2D eigenvalue weighted by Gasteiger charge is 2.48. The van der Waals surface area contributed by atoms with Crippen molar-refractivity contribution >= 4 is 20.9 Å². The molecule has 0 spiro atoms. The maximum absolute atomic E-state index is 12.3. The minimum Gasteiger partial charge on any atom is -0.376 e. The van der Waals surface area contributed by atoms with Crippen LogP contribution in [0.25, 0.3) is 10.8 Å². The van der Waals surface area contributed by atoms with Crippen molar-refractivity contribution in [2.24, 2.45) is 0 Å². The molecule has 3 aromatic rings. The Kier molecular flexibility index (Phi) is 4.38. The second kappa shape index (κ2) is 6.36. The van der Waals surface area contributed by atoms with E-state index in [-0.39, 0.29) is 0 Å². The van der Waals surface area contributed by atoms with Gasteiger partial charge in [0.25, 0.3) is 0 Å². The molecule has 0 bridgehead atoms. The molecule has 1 aromatic heterocycles. The Morgan fingerprint density at radius 3 is 2.32 bits per heavy atom. The van der Waals surface area contributed by atoms with E-state index in [1.54, 1.807) is 6.20 Å². The largest absolute Gasteiger partial charge is 0.534 e. The van der Waals surface area contributed by atoms with E-state index >= 15 is 0 Å². The number of aromatic nitrogens is 1. The molecular weight excluding hydrogens is 355 g/mol. The first-order valence-corrected chi connectivity index (χ1v) is 8.59. The number of rotatable bonds is 4. The monoisotopic (exact) mass is 367 g/mol. The fraction of sp³-hybridized carbons (Fsp3) is 0.118. The Morgan fingerprint density at radius 2 is 1.64 bits per heavy atom. The van der Waals surface area contributed by atoms with Crippen LogP contribution in [0.1, 0.15) is 11.3 Å². The third kappa shape index (κ3) is 3.74. The molecule has 3 rings (SSSR count). The van der Waals surface area contributed by atoms with Crippen molar-refractivity contribution in [3.05, 3.63) is 72.1 Å². The molecule has 2 aromatic carbocycles. The summed E-state index contributed by atoms with van der Waals surface area (Å²) >= 11 is 0. The fourth-order valence-electron chi connectivity index (χ4n) is 2.35. The molecule has 1 heterocycles. The van der Waals surface area contributed by atoms with Gasteiger partial charge >= 0.3 is 15.6 Å². The van der Waals surface area contributed by atoms with E-state index in [2.05, 4.69) is 9.17 Å². The van der Waals surface area contributed by atoms with Crippen molar-refractivity contribution in [3.8, 4) is 5.75 Å². The summed E-state index contributed by atoms with van der Waals surface area (Å²) in [7, 11) is -5.66. The van der Waals surface area contributed by atoms with Gasteiger partial charge in [-0.3, -0.25) is 4.98 Å². The highest BCUT2D eigenvalue weighted by molar-refractivity contribution is 7.88. The lowest BCUT2D eigenvalue weighted by Crippen LogP contribution is -2.28. The maximum atomic E-state index is 12.3. The predicted molar refractivity (Wildman–Crippen MR) is 86.6 cm³/mol. The molecule has 0 fully saturated rings. The van der Waals surface area contributed by atoms with Crippen LogP contribution in [0.4, 0.5) is 13.2 Å². The molecule has 130 valence electrons. The molecule has 8 heteroatoms. The molecule has 0 aliphatic rings. The van der Waals surface area contributed by atoms with Crippen molar-refractivity contribution in [1.29, 1.82) is 0 Å². The van der Waals surface area contributed by atoms with Gasteiger partial charge in [-0.2, -0.15) is 21.6 Å². The van der Waals surface area contributed by atoms with Crippen LogP contribution < -0.4 is 4.18 Å². The zero-order valence-corrected chi connectivity index (χ0v) is 13.5. The Labute approximate surface area is 142 Å². The van der Waals surface area contributed by atoms with Crippen LogP contribution in [0, 0.1) is 0 Å². The maximum Gasteiger partial charge on any atom is 0.534 e. The molecule has 0 aliphatic carbocycles. The van der Waals surface area contributed by atoms with Gasteiger partial charge in [0, 0.05) is 18.0 Å². The van der Waals surface area contributed by atoms with Gasteiger partial charge < -0.3 is 4.18 Å². The summed E-state index contributed by atoms with van der Waals surface area (Å²) in [6.45, 7) is 0. The molecule has 0 atom stereocenters. The number of pyridine rings is 1. The molecule has 0 saturated carbocycles. The first-order valence-electron chi connectivity index (χ1n) is 7.18. The van der Waals surface area contributed by atoms with Crippen LogP contribution in [0.2, 0.25) is 0 Å². The van der Waals surface area contributed by atoms with Gasteiger partial charge in [-0.15, -0.1) is 0 Å². The Morgan fingerprint density at radius 1 is 0.960 bits per heavy atom. The van der Waals surface area contributed by atoms with Gasteiger partial charge in [-0.1, -0.05) is 36.4 Å². The average Bonchev–Trinajstić information content (AvgIpc) is 2.56. The smallest absolute Gasteiger partial charge is 0.376 e.